The summed E-state index contributed by atoms with van der Waals surface area (Å²) < 4.78 is 2.20. The first kappa shape index (κ1) is 16.4. The van der Waals surface area contributed by atoms with Gasteiger partial charge in [0, 0.05) is 19.1 Å². The minimum absolute atomic E-state index is 0.128. The van der Waals surface area contributed by atoms with Crippen molar-refractivity contribution in [3.05, 3.63) is 17.0 Å². The summed E-state index contributed by atoms with van der Waals surface area (Å²) in [6.07, 6.45) is 4.70. The number of thioether (sulfide) groups is 1. The summed E-state index contributed by atoms with van der Waals surface area (Å²) in [6, 6.07) is 4.26. The Labute approximate surface area is 154 Å². The third-order valence-electron chi connectivity index (χ3n) is 4.32. The number of carbonyl (C=O) groups is 1. The number of thiophene rings is 1. The largest absolute Gasteiger partial charge is 0.341 e. The van der Waals surface area contributed by atoms with Crippen LogP contribution >= 0.6 is 23.1 Å². The molecule has 3 heterocycles. The molecule has 0 radical (unpaired) electrons. The van der Waals surface area contributed by atoms with Gasteiger partial charge in [0.15, 0.2) is 5.16 Å². The predicted molar refractivity (Wildman–Crippen MR) is 98.1 cm³/mol. The highest BCUT2D eigenvalue weighted by molar-refractivity contribution is 7.99. The number of carbonyl (C=O) groups excluding carboxylic acids is 1. The zero-order valence-electron chi connectivity index (χ0n) is 13.6. The van der Waals surface area contributed by atoms with Gasteiger partial charge in [-0.15, -0.1) is 21.5 Å². The molecule has 0 atom stereocenters. The van der Waals surface area contributed by atoms with Gasteiger partial charge in [-0.05, 0) is 37.1 Å². The van der Waals surface area contributed by atoms with Crippen LogP contribution in [0.2, 0.25) is 0 Å². The molecule has 0 aromatic carbocycles. The summed E-state index contributed by atoms with van der Waals surface area (Å²) in [6.45, 7) is 2.07. The molecule has 1 aliphatic heterocycles. The first-order chi connectivity index (χ1) is 12.3. The Kier molecular flexibility index (Phi) is 4.63. The number of aromatic nitrogens is 3. The van der Waals surface area contributed by atoms with Crippen LogP contribution in [0.3, 0.4) is 0 Å². The van der Waals surface area contributed by atoms with Crippen LogP contribution in [0.4, 0.5) is 10.9 Å². The molecule has 9 heteroatoms. The van der Waals surface area contributed by atoms with E-state index < -0.39 is 0 Å². The molecule has 4 rings (SSSR count). The van der Waals surface area contributed by atoms with Crippen LogP contribution in [-0.2, 0) is 4.79 Å². The van der Waals surface area contributed by atoms with E-state index in [-0.39, 0.29) is 11.7 Å². The predicted octanol–water partition coefficient (Wildman–Crippen LogP) is 2.88. The Morgan fingerprint density at radius 3 is 2.92 bits per heavy atom. The lowest BCUT2D eigenvalue weighted by atomic mass is 10.3. The van der Waals surface area contributed by atoms with E-state index in [1.165, 1.54) is 35.9 Å². The van der Waals surface area contributed by atoms with Crippen LogP contribution in [0.1, 0.15) is 37.3 Å². The van der Waals surface area contributed by atoms with Crippen molar-refractivity contribution in [2.24, 2.45) is 0 Å². The molecule has 7 nitrogen and oxygen atoms in total. The Morgan fingerprint density at radius 2 is 2.20 bits per heavy atom. The molecule has 25 heavy (non-hydrogen) atoms. The van der Waals surface area contributed by atoms with Crippen molar-refractivity contribution in [3.8, 4) is 6.07 Å². The SMILES string of the molecule is N#Cc1ccsc1NC(=O)CSc1nnc(N2CCCC2)n1C1CC1. The number of hydrogen-bond donors (Lipinski definition) is 1. The number of hydrogen-bond acceptors (Lipinski definition) is 7. The highest BCUT2D eigenvalue weighted by Crippen LogP contribution is 2.41. The van der Waals surface area contributed by atoms with Gasteiger partial charge in [0.05, 0.1) is 11.3 Å². The maximum absolute atomic E-state index is 12.2. The Balaban J connectivity index is 1.42. The van der Waals surface area contributed by atoms with Crippen LogP contribution in [0.25, 0.3) is 0 Å². The first-order valence-electron chi connectivity index (χ1n) is 8.36. The van der Waals surface area contributed by atoms with E-state index in [2.05, 4.69) is 31.1 Å². The van der Waals surface area contributed by atoms with Gasteiger partial charge in [-0.25, -0.2) is 0 Å². The smallest absolute Gasteiger partial charge is 0.235 e. The van der Waals surface area contributed by atoms with Crippen molar-refractivity contribution < 1.29 is 4.79 Å². The normalized spacial score (nSPS) is 16.8. The molecule has 1 N–H and O–H groups in total. The zero-order chi connectivity index (χ0) is 17.2. The van der Waals surface area contributed by atoms with Gasteiger partial charge >= 0.3 is 0 Å². The van der Waals surface area contributed by atoms with Crippen LogP contribution in [0, 0.1) is 11.3 Å². The fraction of sp³-hybridized carbons (Fsp3) is 0.500. The third-order valence-corrected chi connectivity index (χ3v) is 6.09. The van der Waals surface area contributed by atoms with E-state index in [0.29, 0.717) is 16.6 Å². The molecule has 1 saturated heterocycles. The average molecular weight is 374 g/mol. The van der Waals surface area contributed by atoms with E-state index in [1.807, 2.05) is 0 Å². The number of amides is 1. The van der Waals surface area contributed by atoms with Crippen molar-refractivity contribution in [3.63, 3.8) is 0 Å². The minimum Gasteiger partial charge on any atom is -0.341 e. The van der Waals surface area contributed by atoms with Gasteiger partial charge in [-0.2, -0.15) is 5.26 Å². The third kappa shape index (κ3) is 3.50. The Hall–Kier alpha value is -2.05. The zero-order valence-corrected chi connectivity index (χ0v) is 15.3. The first-order valence-corrected chi connectivity index (χ1v) is 10.2. The fourth-order valence-electron chi connectivity index (χ4n) is 2.94. The van der Waals surface area contributed by atoms with Gasteiger partial charge in [0.2, 0.25) is 11.9 Å². The summed E-state index contributed by atoms with van der Waals surface area (Å²) in [4.78, 5) is 14.5. The van der Waals surface area contributed by atoms with E-state index in [0.717, 1.165) is 37.0 Å². The molecule has 0 spiro atoms. The second-order valence-corrected chi connectivity index (χ2v) is 8.05. The highest BCUT2D eigenvalue weighted by Gasteiger charge is 2.32. The minimum atomic E-state index is -0.128. The number of nitriles is 1. The number of nitrogens with zero attached hydrogens (tertiary/aromatic N) is 5. The lowest BCUT2D eigenvalue weighted by molar-refractivity contribution is -0.113. The second kappa shape index (κ2) is 7.06. The monoisotopic (exact) mass is 374 g/mol. The van der Waals surface area contributed by atoms with Crippen molar-refractivity contribution in [2.75, 3.05) is 29.1 Å². The topological polar surface area (TPSA) is 86.8 Å². The molecule has 2 fully saturated rings. The van der Waals surface area contributed by atoms with Crippen molar-refractivity contribution >= 4 is 40.0 Å². The molecular weight excluding hydrogens is 356 g/mol. The quantitative estimate of drug-likeness (QED) is 0.783. The van der Waals surface area contributed by atoms with E-state index in [4.69, 9.17) is 5.26 Å². The van der Waals surface area contributed by atoms with Crippen LogP contribution in [0.15, 0.2) is 16.6 Å². The van der Waals surface area contributed by atoms with Gasteiger partial charge in [0.25, 0.3) is 0 Å². The standard InChI is InChI=1S/C16H18N6OS2/c17-9-11-5-8-24-14(11)18-13(23)10-25-16-20-19-15(21-6-1-2-7-21)22(16)12-3-4-12/h5,8,12H,1-4,6-7,10H2,(H,18,23). The van der Waals surface area contributed by atoms with E-state index in [9.17, 15) is 4.79 Å². The summed E-state index contributed by atoms with van der Waals surface area (Å²) in [7, 11) is 0. The van der Waals surface area contributed by atoms with E-state index in [1.54, 1.807) is 11.4 Å². The van der Waals surface area contributed by atoms with Gasteiger partial charge < -0.3 is 10.2 Å². The molecule has 1 aliphatic carbocycles. The van der Waals surface area contributed by atoms with Crippen LogP contribution in [0.5, 0.6) is 0 Å². The molecular formula is C16H18N6OS2. The maximum atomic E-state index is 12.2. The fourth-order valence-corrected chi connectivity index (χ4v) is 4.49. The van der Waals surface area contributed by atoms with Gasteiger partial charge in [-0.3, -0.25) is 9.36 Å². The Bertz CT molecular complexity index is 813. The Morgan fingerprint density at radius 1 is 1.40 bits per heavy atom. The molecule has 1 amide bonds. The number of nitrogens with one attached hydrogen (secondary N) is 1. The molecule has 0 unspecified atom stereocenters. The van der Waals surface area contributed by atoms with Crippen LogP contribution in [-0.4, -0.2) is 39.5 Å². The van der Waals surface area contributed by atoms with Crippen molar-refractivity contribution in [1.29, 1.82) is 5.26 Å². The average Bonchev–Trinajstić information content (AvgIpc) is 3.05. The molecule has 2 aromatic rings. The summed E-state index contributed by atoms with van der Waals surface area (Å²) in [5.41, 5.74) is 0.501. The number of rotatable bonds is 6. The van der Waals surface area contributed by atoms with Gasteiger partial charge in [0.1, 0.15) is 11.1 Å². The summed E-state index contributed by atoms with van der Waals surface area (Å²) in [5, 5.41) is 23.8. The van der Waals surface area contributed by atoms with Crippen molar-refractivity contribution in [2.45, 2.75) is 36.9 Å². The number of anilines is 2. The summed E-state index contributed by atoms with van der Waals surface area (Å²) in [5.74, 6) is 1.08. The van der Waals surface area contributed by atoms with Crippen molar-refractivity contribution in [1.82, 2.24) is 14.8 Å². The highest BCUT2D eigenvalue weighted by atomic mass is 32.2. The molecule has 2 aliphatic rings. The van der Waals surface area contributed by atoms with Gasteiger partial charge in [-0.1, -0.05) is 11.8 Å². The van der Waals surface area contributed by atoms with Crippen LogP contribution < -0.4 is 10.2 Å². The molecule has 0 bridgehead atoms. The lowest BCUT2D eigenvalue weighted by Crippen LogP contribution is -2.22. The second-order valence-electron chi connectivity index (χ2n) is 6.19. The molecule has 1 saturated carbocycles. The summed E-state index contributed by atoms with van der Waals surface area (Å²) >= 11 is 2.77. The molecule has 2 aromatic heterocycles. The lowest BCUT2D eigenvalue weighted by Gasteiger charge is -2.17. The maximum Gasteiger partial charge on any atom is 0.235 e. The van der Waals surface area contributed by atoms with E-state index >= 15 is 0 Å². The molecule has 130 valence electrons.